The van der Waals surface area contributed by atoms with Gasteiger partial charge in [-0.25, -0.2) is 0 Å². The molecule has 0 saturated carbocycles. The summed E-state index contributed by atoms with van der Waals surface area (Å²) in [5.74, 6) is -0.0980. The molecule has 74 valence electrons. The molecule has 1 N–H and O–H groups in total. The fourth-order valence-corrected chi connectivity index (χ4v) is 2.06. The Labute approximate surface area is 85.5 Å². The second kappa shape index (κ2) is 3.79. The van der Waals surface area contributed by atoms with Gasteiger partial charge in [-0.3, -0.25) is 9.59 Å². The van der Waals surface area contributed by atoms with Crippen molar-refractivity contribution in [1.29, 1.82) is 0 Å². The largest absolute Gasteiger partial charge is 0.345 e. The molecule has 0 spiro atoms. The van der Waals surface area contributed by atoms with Crippen LogP contribution < -0.4 is 5.32 Å². The number of hydrogen-bond acceptors (Lipinski definition) is 3. The van der Waals surface area contributed by atoms with E-state index in [1.54, 1.807) is 16.2 Å². The number of rotatable bonds is 2. The molecule has 0 radical (unpaired) electrons. The zero-order valence-corrected chi connectivity index (χ0v) is 8.34. The van der Waals surface area contributed by atoms with Crippen LogP contribution >= 0.6 is 11.3 Å². The van der Waals surface area contributed by atoms with Crippen LogP contribution in [0, 0.1) is 0 Å². The van der Waals surface area contributed by atoms with Crippen LogP contribution in [0.5, 0.6) is 0 Å². The van der Waals surface area contributed by atoms with Gasteiger partial charge >= 0.3 is 0 Å². The highest BCUT2D eigenvalue weighted by Crippen LogP contribution is 2.12. The molecule has 5 heteroatoms. The van der Waals surface area contributed by atoms with Crippen molar-refractivity contribution in [3.63, 3.8) is 0 Å². The van der Waals surface area contributed by atoms with Gasteiger partial charge in [-0.15, -0.1) is 11.3 Å². The third-order valence-corrected chi connectivity index (χ3v) is 2.91. The second-order valence-electron chi connectivity index (χ2n) is 3.11. The summed E-state index contributed by atoms with van der Waals surface area (Å²) in [4.78, 5) is 25.1. The first kappa shape index (κ1) is 9.21. The summed E-state index contributed by atoms with van der Waals surface area (Å²) < 4.78 is 0. The lowest BCUT2D eigenvalue weighted by Crippen LogP contribution is -2.50. The molecule has 0 atom stereocenters. The maximum atomic E-state index is 11.4. The van der Waals surface area contributed by atoms with Crippen molar-refractivity contribution in [2.24, 2.45) is 0 Å². The van der Waals surface area contributed by atoms with Gasteiger partial charge in [-0.1, -0.05) is 6.07 Å². The number of carbonyl (C=O) groups is 2. The van der Waals surface area contributed by atoms with Crippen LogP contribution in [0.3, 0.4) is 0 Å². The number of nitrogens with zero attached hydrogens (tertiary/aromatic N) is 1. The van der Waals surface area contributed by atoms with Gasteiger partial charge in [0.2, 0.25) is 11.8 Å². The van der Waals surface area contributed by atoms with E-state index in [2.05, 4.69) is 5.32 Å². The Morgan fingerprint density at radius 3 is 3.07 bits per heavy atom. The van der Waals surface area contributed by atoms with Gasteiger partial charge in [0.25, 0.3) is 0 Å². The Morgan fingerprint density at radius 1 is 1.50 bits per heavy atom. The van der Waals surface area contributed by atoms with E-state index in [1.807, 2.05) is 17.5 Å². The number of thiophene rings is 1. The summed E-state index contributed by atoms with van der Waals surface area (Å²) in [6, 6.07) is 3.90. The summed E-state index contributed by atoms with van der Waals surface area (Å²) in [5.41, 5.74) is 0. The molecular formula is C9H10N2O2S. The van der Waals surface area contributed by atoms with Gasteiger partial charge < -0.3 is 10.2 Å². The zero-order valence-electron chi connectivity index (χ0n) is 7.53. The minimum atomic E-state index is -0.0823. The fourth-order valence-electron chi connectivity index (χ4n) is 1.34. The molecule has 1 aliphatic rings. The molecule has 0 unspecified atom stereocenters. The Balaban J connectivity index is 2.02. The maximum absolute atomic E-state index is 11.4. The third kappa shape index (κ3) is 1.93. The number of carbonyl (C=O) groups excluding carboxylic acids is 2. The van der Waals surface area contributed by atoms with Gasteiger partial charge in [0, 0.05) is 4.88 Å². The van der Waals surface area contributed by atoms with E-state index in [0.717, 1.165) is 4.88 Å². The predicted molar refractivity (Wildman–Crippen MR) is 52.7 cm³/mol. The summed E-state index contributed by atoms with van der Waals surface area (Å²) in [5, 5.41) is 4.48. The minimum Gasteiger partial charge on any atom is -0.345 e. The highest BCUT2D eigenvalue weighted by Gasteiger charge is 2.22. The lowest BCUT2D eigenvalue weighted by atomic mass is 10.3. The molecule has 0 bridgehead atoms. The van der Waals surface area contributed by atoms with Crippen LogP contribution in [0.15, 0.2) is 17.5 Å². The summed E-state index contributed by atoms with van der Waals surface area (Å²) >= 11 is 1.59. The minimum absolute atomic E-state index is 0.0157. The lowest BCUT2D eigenvalue weighted by Gasteiger charge is -2.25. The molecule has 0 aromatic carbocycles. The number of amides is 2. The molecule has 1 aromatic heterocycles. The predicted octanol–water partition coefficient (Wildman–Crippen LogP) is 0.207. The molecule has 4 nitrogen and oxygen atoms in total. The average Bonchev–Trinajstić information content (AvgIpc) is 2.64. The molecule has 1 fully saturated rings. The van der Waals surface area contributed by atoms with E-state index in [9.17, 15) is 9.59 Å². The molecule has 14 heavy (non-hydrogen) atoms. The number of nitrogens with one attached hydrogen (secondary N) is 1. The van der Waals surface area contributed by atoms with E-state index in [1.165, 1.54) is 0 Å². The van der Waals surface area contributed by atoms with Crippen molar-refractivity contribution >= 4 is 23.2 Å². The van der Waals surface area contributed by atoms with E-state index >= 15 is 0 Å². The average molecular weight is 210 g/mol. The van der Waals surface area contributed by atoms with Crippen molar-refractivity contribution in [3.05, 3.63) is 22.4 Å². The zero-order chi connectivity index (χ0) is 9.97. The van der Waals surface area contributed by atoms with Crippen LogP contribution in [0.2, 0.25) is 0 Å². The topological polar surface area (TPSA) is 49.4 Å². The summed E-state index contributed by atoms with van der Waals surface area (Å²) in [6.45, 7) is 0.852. The lowest BCUT2D eigenvalue weighted by molar-refractivity contribution is -0.141. The standard InChI is InChI=1S/C9H10N2O2S/c12-8-6-11(9(13)4-10-8)5-7-2-1-3-14-7/h1-3H,4-6H2,(H,10,12). The third-order valence-electron chi connectivity index (χ3n) is 2.05. The first-order chi connectivity index (χ1) is 6.75. The molecule has 0 aliphatic carbocycles. The smallest absolute Gasteiger partial charge is 0.242 e. The Morgan fingerprint density at radius 2 is 2.36 bits per heavy atom. The van der Waals surface area contributed by atoms with Gasteiger partial charge in [0.1, 0.15) is 0 Å². The van der Waals surface area contributed by atoms with Crippen molar-refractivity contribution in [2.45, 2.75) is 6.54 Å². The monoisotopic (exact) mass is 210 g/mol. The summed E-state index contributed by atoms with van der Waals surface area (Å²) in [6.07, 6.45) is 0. The molecule has 1 aromatic rings. The summed E-state index contributed by atoms with van der Waals surface area (Å²) in [7, 11) is 0. The van der Waals surface area contributed by atoms with E-state index < -0.39 is 0 Å². The number of piperazine rings is 1. The molecular weight excluding hydrogens is 200 g/mol. The normalized spacial score (nSPS) is 17.0. The number of hydrogen-bond donors (Lipinski definition) is 1. The van der Waals surface area contributed by atoms with Crippen molar-refractivity contribution in [2.75, 3.05) is 13.1 Å². The van der Waals surface area contributed by atoms with E-state index in [0.29, 0.717) is 6.54 Å². The highest BCUT2D eigenvalue weighted by atomic mass is 32.1. The van der Waals surface area contributed by atoms with Crippen LogP contribution in [0.25, 0.3) is 0 Å². The Hall–Kier alpha value is -1.36. The Bertz CT molecular complexity index is 348. The molecule has 1 saturated heterocycles. The first-order valence-corrected chi connectivity index (χ1v) is 5.20. The van der Waals surface area contributed by atoms with Gasteiger partial charge in [-0.05, 0) is 11.4 Å². The van der Waals surface area contributed by atoms with Crippen LogP contribution in [0.1, 0.15) is 4.88 Å². The Kier molecular flexibility index (Phi) is 2.49. The fraction of sp³-hybridized carbons (Fsp3) is 0.333. The van der Waals surface area contributed by atoms with E-state index in [4.69, 9.17) is 0 Å². The maximum Gasteiger partial charge on any atom is 0.242 e. The SMILES string of the molecule is O=C1CN(Cc2cccs2)C(=O)CN1. The van der Waals surface area contributed by atoms with Gasteiger partial charge in [0.05, 0.1) is 19.6 Å². The van der Waals surface area contributed by atoms with Gasteiger partial charge in [-0.2, -0.15) is 0 Å². The van der Waals surface area contributed by atoms with Crippen molar-refractivity contribution in [1.82, 2.24) is 10.2 Å². The first-order valence-electron chi connectivity index (χ1n) is 4.32. The quantitative estimate of drug-likeness (QED) is 0.758. The van der Waals surface area contributed by atoms with Crippen molar-refractivity contribution < 1.29 is 9.59 Å². The van der Waals surface area contributed by atoms with E-state index in [-0.39, 0.29) is 24.9 Å². The van der Waals surface area contributed by atoms with Crippen LogP contribution in [0.4, 0.5) is 0 Å². The molecule has 2 heterocycles. The van der Waals surface area contributed by atoms with Gasteiger partial charge in [0.15, 0.2) is 0 Å². The molecule has 1 aliphatic heterocycles. The highest BCUT2D eigenvalue weighted by molar-refractivity contribution is 7.09. The van der Waals surface area contributed by atoms with Crippen LogP contribution in [-0.4, -0.2) is 29.8 Å². The second-order valence-corrected chi connectivity index (χ2v) is 4.14. The van der Waals surface area contributed by atoms with Crippen LogP contribution in [-0.2, 0) is 16.1 Å². The molecule has 2 rings (SSSR count). The molecule has 2 amide bonds. The van der Waals surface area contributed by atoms with Crippen molar-refractivity contribution in [3.8, 4) is 0 Å².